The van der Waals surface area contributed by atoms with Crippen LogP contribution in [0.3, 0.4) is 0 Å². The van der Waals surface area contributed by atoms with E-state index in [0.29, 0.717) is 11.5 Å². The molecular formula is C21H14F3NO5. The predicted octanol–water partition coefficient (Wildman–Crippen LogP) is 5.15. The number of halogens is 3. The first-order valence-electron chi connectivity index (χ1n) is 8.76. The van der Waals surface area contributed by atoms with E-state index >= 15 is 0 Å². The van der Waals surface area contributed by atoms with Gasteiger partial charge in [0.15, 0.2) is 23.0 Å². The van der Waals surface area contributed by atoms with Gasteiger partial charge in [-0.25, -0.2) is 0 Å². The van der Waals surface area contributed by atoms with Crippen molar-refractivity contribution < 1.29 is 36.7 Å². The predicted molar refractivity (Wildman–Crippen MR) is 99.7 cm³/mol. The van der Waals surface area contributed by atoms with Crippen LogP contribution in [0.4, 0.5) is 18.9 Å². The lowest BCUT2D eigenvalue weighted by Gasteiger charge is -2.10. The Kier molecular flexibility index (Phi) is 4.73. The highest BCUT2D eigenvalue weighted by Crippen LogP contribution is 2.38. The van der Waals surface area contributed by atoms with Crippen molar-refractivity contribution in [2.24, 2.45) is 0 Å². The van der Waals surface area contributed by atoms with Crippen LogP contribution in [-0.4, -0.2) is 18.5 Å². The van der Waals surface area contributed by atoms with Gasteiger partial charge in [0, 0.05) is 17.2 Å². The number of alkyl halides is 3. The monoisotopic (exact) mass is 417 g/mol. The number of fused-ring (bicyclic) bond motifs is 1. The molecule has 9 heteroatoms. The Balaban J connectivity index is 1.60. The number of nitrogens with one attached hydrogen (secondary N) is 1. The zero-order valence-electron chi connectivity index (χ0n) is 15.5. The standard InChI is InChI=1S/C21H14F3NO5/c1-11(26)14-8-18-19(29-10-28-18)9-15(14)25-20(27)17-6-5-16(30-17)12-3-2-4-13(7-12)21(22,23)24/h2-9H,10H2,1H3,(H,25,27). The molecule has 1 aromatic heterocycles. The fraction of sp³-hybridized carbons (Fsp3) is 0.143. The summed E-state index contributed by atoms with van der Waals surface area (Å²) in [5.41, 5.74) is -0.226. The molecule has 2 aromatic carbocycles. The zero-order valence-corrected chi connectivity index (χ0v) is 15.5. The van der Waals surface area contributed by atoms with Crippen LogP contribution in [-0.2, 0) is 6.18 Å². The van der Waals surface area contributed by atoms with Gasteiger partial charge in [0.25, 0.3) is 5.91 Å². The fourth-order valence-electron chi connectivity index (χ4n) is 2.98. The quantitative estimate of drug-likeness (QED) is 0.594. The van der Waals surface area contributed by atoms with Crippen molar-refractivity contribution in [3.63, 3.8) is 0 Å². The van der Waals surface area contributed by atoms with Crippen LogP contribution in [0.2, 0.25) is 0 Å². The van der Waals surface area contributed by atoms with Gasteiger partial charge in [0.1, 0.15) is 5.76 Å². The summed E-state index contributed by atoms with van der Waals surface area (Å²) in [7, 11) is 0. The van der Waals surface area contributed by atoms with Gasteiger partial charge in [0.2, 0.25) is 6.79 Å². The summed E-state index contributed by atoms with van der Waals surface area (Å²) in [6.07, 6.45) is -4.49. The van der Waals surface area contributed by atoms with Crippen LogP contribution in [0.1, 0.15) is 33.4 Å². The Labute approximate surface area is 168 Å². The van der Waals surface area contributed by atoms with Crippen molar-refractivity contribution in [3.8, 4) is 22.8 Å². The molecule has 0 atom stereocenters. The molecule has 30 heavy (non-hydrogen) atoms. The number of anilines is 1. The number of amides is 1. The molecule has 0 aliphatic carbocycles. The molecule has 0 radical (unpaired) electrons. The van der Waals surface area contributed by atoms with E-state index in [1.165, 1.54) is 43.3 Å². The van der Waals surface area contributed by atoms with Crippen molar-refractivity contribution in [3.05, 3.63) is 65.4 Å². The molecule has 2 heterocycles. The molecule has 0 saturated heterocycles. The lowest BCUT2D eigenvalue weighted by molar-refractivity contribution is -0.137. The highest BCUT2D eigenvalue weighted by Gasteiger charge is 2.30. The molecule has 1 aliphatic heterocycles. The number of carbonyl (C=O) groups is 2. The minimum Gasteiger partial charge on any atom is -0.454 e. The summed E-state index contributed by atoms with van der Waals surface area (Å²) in [4.78, 5) is 24.5. The Morgan fingerprint density at radius 2 is 1.73 bits per heavy atom. The average Bonchev–Trinajstić information content (AvgIpc) is 3.36. The summed E-state index contributed by atoms with van der Waals surface area (Å²) < 4.78 is 54.7. The minimum atomic E-state index is -4.49. The summed E-state index contributed by atoms with van der Waals surface area (Å²) >= 11 is 0. The SMILES string of the molecule is CC(=O)c1cc2c(cc1NC(=O)c1ccc(-c3cccc(C(F)(F)F)c3)o1)OCO2. The van der Waals surface area contributed by atoms with E-state index in [0.717, 1.165) is 12.1 Å². The summed E-state index contributed by atoms with van der Waals surface area (Å²) in [5, 5.41) is 2.57. The third-order valence-electron chi connectivity index (χ3n) is 4.44. The molecule has 0 saturated carbocycles. The maximum Gasteiger partial charge on any atom is 0.416 e. The number of hydrogen-bond donors (Lipinski definition) is 1. The molecule has 4 rings (SSSR count). The van der Waals surface area contributed by atoms with Gasteiger partial charge >= 0.3 is 6.18 Å². The molecule has 3 aromatic rings. The first-order valence-corrected chi connectivity index (χ1v) is 8.76. The number of carbonyl (C=O) groups excluding carboxylic acids is 2. The molecule has 0 unspecified atom stereocenters. The molecule has 154 valence electrons. The van der Waals surface area contributed by atoms with Crippen LogP contribution in [0.5, 0.6) is 11.5 Å². The molecule has 1 N–H and O–H groups in total. The zero-order chi connectivity index (χ0) is 21.5. The minimum absolute atomic E-state index is 0.00259. The van der Waals surface area contributed by atoms with Gasteiger partial charge in [-0.3, -0.25) is 9.59 Å². The number of rotatable bonds is 4. The van der Waals surface area contributed by atoms with Crippen molar-refractivity contribution in [2.45, 2.75) is 13.1 Å². The summed E-state index contributed by atoms with van der Waals surface area (Å²) in [5.74, 6) is -0.233. The average molecular weight is 417 g/mol. The van der Waals surface area contributed by atoms with Crippen LogP contribution < -0.4 is 14.8 Å². The Bertz CT molecular complexity index is 1150. The van der Waals surface area contributed by atoms with Gasteiger partial charge < -0.3 is 19.2 Å². The molecule has 0 bridgehead atoms. The van der Waals surface area contributed by atoms with Crippen molar-refractivity contribution in [1.29, 1.82) is 0 Å². The van der Waals surface area contributed by atoms with E-state index in [9.17, 15) is 22.8 Å². The number of ether oxygens (including phenoxy) is 2. The lowest BCUT2D eigenvalue weighted by Crippen LogP contribution is -2.13. The van der Waals surface area contributed by atoms with E-state index < -0.39 is 17.6 Å². The Morgan fingerprint density at radius 1 is 1.00 bits per heavy atom. The van der Waals surface area contributed by atoms with E-state index in [-0.39, 0.29) is 40.9 Å². The normalized spacial score (nSPS) is 12.7. The Hall–Kier alpha value is -3.75. The van der Waals surface area contributed by atoms with Crippen LogP contribution in [0.25, 0.3) is 11.3 Å². The second-order valence-electron chi connectivity index (χ2n) is 6.50. The first-order chi connectivity index (χ1) is 14.2. The van der Waals surface area contributed by atoms with E-state index in [1.54, 1.807) is 0 Å². The lowest BCUT2D eigenvalue weighted by atomic mass is 10.1. The van der Waals surface area contributed by atoms with Gasteiger partial charge in [-0.15, -0.1) is 0 Å². The first kappa shape index (κ1) is 19.6. The van der Waals surface area contributed by atoms with Crippen LogP contribution >= 0.6 is 0 Å². The second-order valence-corrected chi connectivity index (χ2v) is 6.50. The number of Topliss-reactive ketones (excluding diaryl/α,β-unsaturated/α-hetero) is 1. The topological polar surface area (TPSA) is 77.8 Å². The largest absolute Gasteiger partial charge is 0.454 e. The third-order valence-corrected chi connectivity index (χ3v) is 4.44. The summed E-state index contributed by atoms with van der Waals surface area (Å²) in [6.45, 7) is 1.34. The van der Waals surface area contributed by atoms with E-state index in [4.69, 9.17) is 13.9 Å². The molecule has 1 aliphatic rings. The van der Waals surface area contributed by atoms with Crippen molar-refractivity contribution in [1.82, 2.24) is 0 Å². The van der Waals surface area contributed by atoms with Crippen LogP contribution in [0, 0.1) is 0 Å². The number of furan rings is 1. The van der Waals surface area contributed by atoms with Gasteiger partial charge in [0.05, 0.1) is 11.3 Å². The van der Waals surface area contributed by atoms with E-state index in [2.05, 4.69) is 5.32 Å². The van der Waals surface area contributed by atoms with E-state index in [1.807, 2.05) is 0 Å². The second kappa shape index (κ2) is 7.25. The van der Waals surface area contributed by atoms with Gasteiger partial charge in [-0.2, -0.15) is 13.2 Å². The molecule has 1 amide bonds. The van der Waals surface area contributed by atoms with Crippen molar-refractivity contribution in [2.75, 3.05) is 12.1 Å². The van der Waals surface area contributed by atoms with Crippen LogP contribution in [0.15, 0.2) is 52.9 Å². The fourth-order valence-corrected chi connectivity index (χ4v) is 2.98. The molecule has 6 nitrogen and oxygen atoms in total. The summed E-state index contributed by atoms with van der Waals surface area (Å²) in [6, 6.07) is 10.3. The Morgan fingerprint density at radius 3 is 2.43 bits per heavy atom. The smallest absolute Gasteiger partial charge is 0.416 e. The number of ketones is 1. The number of benzene rings is 2. The highest BCUT2D eigenvalue weighted by molar-refractivity contribution is 6.08. The maximum atomic E-state index is 12.9. The highest BCUT2D eigenvalue weighted by atomic mass is 19.4. The molecule has 0 fully saturated rings. The van der Waals surface area contributed by atoms with Gasteiger partial charge in [-0.1, -0.05) is 12.1 Å². The molecular weight excluding hydrogens is 403 g/mol. The third kappa shape index (κ3) is 3.73. The van der Waals surface area contributed by atoms with Crippen molar-refractivity contribution >= 4 is 17.4 Å². The molecule has 0 spiro atoms. The maximum absolute atomic E-state index is 12.9. The number of hydrogen-bond acceptors (Lipinski definition) is 5. The van der Waals surface area contributed by atoms with Gasteiger partial charge in [-0.05, 0) is 37.3 Å².